The molecule has 1 nitrogen and oxygen atoms in total. The van der Waals surface area contributed by atoms with Gasteiger partial charge in [0.1, 0.15) is 11.6 Å². The van der Waals surface area contributed by atoms with Crippen LogP contribution in [-0.2, 0) is 0 Å². The first-order valence-corrected chi connectivity index (χ1v) is 22.0. The molecule has 0 fully saturated rings. The molecule has 0 aliphatic rings. The molecule has 0 aromatic heterocycles. The second-order valence-electron chi connectivity index (χ2n) is 14.4. The lowest BCUT2D eigenvalue weighted by Gasteiger charge is -2.46. The smallest absolute Gasteiger partial charge is 0.252 e. The average Bonchev–Trinajstić information content (AvgIpc) is 3.01. The molecule has 0 heterocycles. The molecule has 4 aromatic carbocycles. The quantitative estimate of drug-likeness (QED) is 0.0519. The summed E-state index contributed by atoms with van der Waals surface area (Å²) in [6.07, 6.45) is 4.95. The predicted octanol–water partition coefficient (Wildman–Crippen LogP) is 13.3. The van der Waals surface area contributed by atoms with E-state index in [1.807, 2.05) is 13.8 Å². The number of rotatable bonds is 15. The number of benzene rings is 4. The summed E-state index contributed by atoms with van der Waals surface area (Å²) in [4.78, 5) is 0. The minimum absolute atomic E-state index is 0.208. The molecule has 0 amide bonds. The summed E-state index contributed by atoms with van der Waals surface area (Å²) in [6.45, 7) is 16.5. The van der Waals surface area contributed by atoms with Gasteiger partial charge in [0.25, 0.3) is 8.32 Å². The van der Waals surface area contributed by atoms with Crippen molar-refractivity contribution in [3.05, 3.63) is 52.6 Å². The van der Waals surface area contributed by atoms with Crippen LogP contribution < -0.4 is 4.43 Å². The summed E-state index contributed by atoms with van der Waals surface area (Å²) in [6, 6.07) is 4.59. The third-order valence-corrected chi connectivity index (χ3v) is 24.9. The zero-order valence-electron chi connectivity index (χ0n) is 28.6. The minimum atomic E-state index is -3.32. The van der Waals surface area contributed by atoms with Gasteiger partial charge in [-0.15, -0.1) is 0 Å². The zero-order chi connectivity index (χ0) is 35.2. The van der Waals surface area contributed by atoms with Gasteiger partial charge < -0.3 is 4.43 Å². The highest BCUT2D eigenvalue weighted by Crippen LogP contribution is 2.50. The molecule has 4 rings (SSSR count). The van der Waals surface area contributed by atoms with E-state index in [9.17, 15) is 8.78 Å². The molecule has 0 aliphatic carbocycles. The van der Waals surface area contributed by atoms with E-state index in [4.69, 9.17) is 4.43 Å². The maximum atomic E-state index is 16.7. The van der Waals surface area contributed by atoms with Gasteiger partial charge in [-0.05, 0) is 29.1 Å². The molecule has 4 aromatic rings. The predicted molar refractivity (Wildman–Crippen MR) is 179 cm³/mol. The normalized spacial score (nSPS) is 14.3. The Bertz CT molecular complexity index is 1670. The fourth-order valence-corrected chi connectivity index (χ4v) is 22.7. The molecule has 0 saturated carbocycles. The van der Waals surface area contributed by atoms with E-state index in [2.05, 4.69) is 41.5 Å². The van der Waals surface area contributed by atoms with E-state index >= 15 is 26.3 Å². The van der Waals surface area contributed by atoms with E-state index in [0.717, 1.165) is 50.2 Å². The Balaban J connectivity index is 2.08. The summed E-state index contributed by atoms with van der Waals surface area (Å²) in [5, 5.41) is -7.03. The highest BCUT2D eigenvalue weighted by Gasteiger charge is 2.51. The monoisotopic (exact) mass is 701 g/mol. The number of hydrogen-bond donors (Lipinski definition) is 0. The number of hydrogen-bond acceptors (Lipinski definition) is 1. The maximum absolute atomic E-state index is 16.7. The number of halogens is 8. The largest absolute Gasteiger partial charge is 0.540 e. The molecular formula is C36H45F8OSi2. The molecule has 0 N–H and O–H groups in total. The van der Waals surface area contributed by atoms with Crippen LogP contribution in [0.5, 0.6) is 5.75 Å². The lowest BCUT2D eigenvalue weighted by molar-refractivity contribution is 0.329. The Hall–Kier alpha value is -2.41. The van der Waals surface area contributed by atoms with E-state index < -0.39 is 101 Å². The third kappa shape index (κ3) is 6.40. The van der Waals surface area contributed by atoms with Crippen molar-refractivity contribution in [3.63, 3.8) is 0 Å². The molecule has 0 saturated heterocycles. The van der Waals surface area contributed by atoms with E-state index in [1.165, 1.54) is 6.07 Å². The highest BCUT2D eigenvalue weighted by molar-refractivity contribution is 6.95. The third-order valence-electron chi connectivity index (χ3n) is 10.8. The zero-order valence-corrected chi connectivity index (χ0v) is 30.6. The molecule has 0 aliphatic heterocycles. The molecule has 1 unspecified atom stereocenters. The molecule has 1 radical (unpaired) electrons. The van der Waals surface area contributed by atoms with Crippen LogP contribution in [0.25, 0.3) is 32.3 Å². The van der Waals surface area contributed by atoms with Crippen molar-refractivity contribution < 1.29 is 39.5 Å². The van der Waals surface area contributed by atoms with Crippen LogP contribution in [0.2, 0.25) is 35.4 Å². The Morgan fingerprint density at radius 1 is 0.617 bits per heavy atom. The van der Waals surface area contributed by atoms with Crippen LogP contribution in [-0.4, -0.2) is 16.4 Å². The van der Waals surface area contributed by atoms with Gasteiger partial charge >= 0.3 is 0 Å². The summed E-state index contributed by atoms with van der Waals surface area (Å²) in [7, 11) is -5.40. The topological polar surface area (TPSA) is 9.23 Å². The molecular weight excluding hydrogens is 657 g/mol. The molecule has 259 valence electrons. The van der Waals surface area contributed by atoms with Gasteiger partial charge in [-0.25, -0.2) is 35.1 Å². The standard InChI is InChI=1S/C36H45F8OSi2/c1-9-13-14-15-16-36(7,8)18-47(20(5)6,19-46(10-2,11-3)12-4)45-35-33(43)27-26-25-23(29(39)31(27)41)21(37)17-22(38)24(25)30(40)32(42)28(26)34(35)44/h20H,9-16,18-19H2,1-8H3. The van der Waals surface area contributed by atoms with Crippen LogP contribution in [0.4, 0.5) is 35.1 Å². The Morgan fingerprint density at radius 3 is 1.49 bits per heavy atom. The van der Waals surface area contributed by atoms with Crippen molar-refractivity contribution in [3.8, 4) is 5.75 Å². The molecule has 0 bridgehead atoms. The lowest BCUT2D eigenvalue weighted by atomic mass is 9.89. The maximum Gasteiger partial charge on any atom is 0.252 e. The first kappa shape index (κ1) is 37.4. The Labute approximate surface area is 274 Å². The fraction of sp³-hybridized carbons (Fsp3) is 0.556. The molecule has 47 heavy (non-hydrogen) atoms. The van der Waals surface area contributed by atoms with Crippen molar-refractivity contribution in [1.29, 1.82) is 0 Å². The number of unbranched alkanes of at least 4 members (excludes halogenated alkanes) is 3. The minimum Gasteiger partial charge on any atom is -0.540 e. The first-order chi connectivity index (χ1) is 22.0. The molecule has 1 atom stereocenters. The van der Waals surface area contributed by atoms with E-state index in [-0.39, 0.29) is 11.0 Å². The van der Waals surface area contributed by atoms with Crippen molar-refractivity contribution in [2.45, 2.75) is 123 Å². The van der Waals surface area contributed by atoms with Crippen LogP contribution in [0, 0.1) is 58.0 Å². The van der Waals surface area contributed by atoms with E-state index in [1.54, 1.807) is 0 Å². The fourth-order valence-electron chi connectivity index (χ4n) is 7.64. The van der Waals surface area contributed by atoms with Gasteiger partial charge in [-0.3, -0.25) is 0 Å². The molecule has 11 heteroatoms. The average molecular weight is 702 g/mol. The van der Waals surface area contributed by atoms with Gasteiger partial charge in [0.2, 0.25) is 0 Å². The van der Waals surface area contributed by atoms with Gasteiger partial charge in [0.05, 0.1) is 35.7 Å². The SMILES string of the molecule is CCCCCCC(C)(C)C[Si](C[Si](CC)(CC)CC)(Oc1c(F)c2c(F)c(F)c3c(F)[c]c(F)c4c(F)c(F)c(c1F)c2c34)C(C)C. The van der Waals surface area contributed by atoms with Crippen molar-refractivity contribution in [2.24, 2.45) is 5.41 Å². The summed E-state index contributed by atoms with van der Waals surface area (Å²) in [5.41, 5.74) is 0.0901. The van der Waals surface area contributed by atoms with E-state index in [0.29, 0.717) is 11.7 Å². The van der Waals surface area contributed by atoms with Crippen molar-refractivity contribution >= 4 is 48.7 Å². The lowest BCUT2D eigenvalue weighted by Crippen LogP contribution is -2.55. The van der Waals surface area contributed by atoms with Crippen LogP contribution in [0.3, 0.4) is 0 Å². The Kier molecular flexibility index (Phi) is 11.0. The van der Waals surface area contributed by atoms with Gasteiger partial charge in [0.15, 0.2) is 40.7 Å². The second-order valence-corrected chi connectivity index (χ2v) is 24.8. The van der Waals surface area contributed by atoms with Crippen molar-refractivity contribution in [2.75, 3.05) is 0 Å². The highest BCUT2D eigenvalue weighted by atomic mass is 28.4. The van der Waals surface area contributed by atoms with Crippen LogP contribution >= 0.6 is 0 Å². The van der Waals surface area contributed by atoms with Gasteiger partial charge in [0, 0.05) is 10.8 Å². The van der Waals surface area contributed by atoms with Gasteiger partial charge in [-0.2, -0.15) is 0 Å². The summed E-state index contributed by atoms with van der Waals surface area (Å²) >= 11 is 0. The summed E-state index contributed by atoms with van der Waals surface area (Å²) in [5.74, 6) is -15.7. The Morgan fingerprint density at radius 2 is 1.06 bits per heavy atom. The first-order valence-electron chi connectivity index (χ1n) is 16.8. The van der Waals surface area contributed by atoms with Crippen molar-refractivity contribution in [1.82, 2.24) is 0 Å². The van der Waals surface area contributed by atoms with Gasteiger partial charge in [-0.1, -0.05) is 99.2 Å². The second kappa shape index (κ2) is 13.8. The molecule has 0 spiro atoms. The van der Waals surface area contributed by atoms with Crippen LogP contribution in [0.15, 0.2) is 0 Å². The summed E-state index contributed by atoms with van der Waals surface area (Å²) < 4.78 is 132. The van der Waals surface area contributed by atoms with Crippen LogP contribution in [0.1, 0.15) is 87.5 Å².